The minimum atomic E-state index is 0.782. The predicted octanol–water partition coefficient (Wildman–Crippen LogP) is 2.38. The largest absolute Gasteiger partial charge is 0.493 e. The van der Waals surface area contributed by atoms with Gasteiger partial charge in [-0.25, -0.2) is 0 Å². The van der Waals surface area contributed by atoms with Gasteiger partial charge in [-0.3, -0.25) is 0 Å². The van der Waals surface area contributed by atoms with Crippen LogP contribution in [0.2, 0.25) is 0 Å². The third-order valence-electron chi connectivity index (χ3n) is 2.05. The summed E-state index contributed by atoms with van der Waals surface area (Å²) in [4.78, 5) is 0.792. The van der Waals surface area contributed by atoms with Crippen molar-refractivity contribution < 1.29 is 4.74 Å². The highest BCUT2D eigenvalue weighted by molar-refractivity contribution is 7.80. The predicted molar refractivity (Wildman–Crippen MR) is 57.5 cm³/mol. The van der Waals surface area contributed by atoms with Crippen molar-refractivity contribution in [2.24, 2.45) is 0 Å². The van der Waals surface area contributed by atoms with Crippen LogP contribution in [0, 0.1) is 0 Å². The minimum Gasteiger partial charge on any atom is -0.493 e. The highest BCUT2D eigenvalue weighted by Crippen LogP contribution is 2.31. The summed E-state index contributed by atoms with van der Waals surface area (Å²) in [7, 11) is 0. The van der Waals surface area contributed by atoms with Gasteiger partial charge in [0.1, 0.15) is 5.75 Å². The van der Waals surface area contributed by atoms with Gasteiger partial charge in [0.05, 0.1) is 11.6 Å². The Labute approximate surface area is 82.9 Å². The second kappa shape index (κ2) is 3.34. The molecule has 0 unspecified atom stereocenters. The van der Waals surface area contributed by atoms with E-state index in [0.717, 1.165) is 29.5 Å². The summed E-state index contributed by atoms with van der Waals surface area (Å²) in [5.41, 5.74) is 2.33. The Balaban J connectivity index is 2.36. The summed E-state index contributed by atoms with van der Waals surface area (Å²) < 4.78 is 5.44. The zero-order valence-electron chi connectivity index (χ0n) is 7.46. The fraction of sp³-hybridized carbons (Fsp3) is 0.300. The molecule has 0 saturated heterocycles. The van der Waals surface area contributed by atoms with Gasteiger partial charge in [0, 0.05) is 17.7 Å². The smallest absolute Gasteiger partial charge is 0.124 e. The summed E-state index contributed by atoms with van der Waals surface area (Å²) in [5, 5.41) is 3.16. The fourth-order valence-electron chi connectivity index (χ4n) is 1.53. The Morgan fingerprint density at radius 3 is 3.15 bits per heavy atom. The highest BCUT2D eigenvalue weighted by Gasteiger charge is 2.15. The Morgan fingerprint density at radius 1 is 1.54 bits per heavy atom. The lowest BCUT2D eigenvalue weighted by atomic mass is 10.1. The van der Waals surface area contributed by atoms with E-state index in [4.69, 9.17) is 17.0 Å². The molecule has 0 aromatic heterocycles. The summed E-state index contributed by atoms with van der Waals surface area (Å²) in [6, 6.07) is 6.00. The molecule has 0 bridgehead atoms. The molecule has 2 rings (SSSR count). The van der Waals surface area contributed by atoms with Gasteiger partial charge in [-0.1, -0.05) is 18.3 Å². The monoisotopic (exact) mass is 193 g/mol. The zero-order valence-corrected chi connectivity index (χ0v) is 8.28. The number of rotatable bonds is 1. The maximum Gasteiger partial charge on any atom is 0.124 e. The van der Waals surface area contributed by atoms with Gasteiger partial charge in [0.15, 0.2) is 0 Å². The van der Waals surface area contributed by atoms with Gasteiger partial charge < -0.3 is 10.1 Å². The van der Waals surface area contributed by atoms with E-state index in [0.29, 0.717) is 0 Å². The molecule has 1 heterocycles. The average Bonchev–Trinajstić information content (AvgIpc) is 2.51. The van der Waals surface area contributed by atoms with Crippen LogP contribution in [0.15, 0.2) is 18.2 Å². The molecular formula is C10H11NOS. The molecule has 0 saturated carbocycles. The van der Waals surface area contributed by atoms with Crippen LogP contribution in [0.1, 0.15) is 12.5 Å². The number of ether oxygens (including phenoxy) is 1. The number of anilines is 1. The first-order valence-corrected chi connectivity index (χ1v) is 4.70. The van der Waals surface area contributed by atoms with Crippen molar-refractivity contribution in [3.63, 3.8) is 0 Å². The molecule has 1 aromatic rings. The van der Waals surface area contributed by atoms with Crippen molar-refractivity contribution in [1.82, 2.24) is 0 Å². The summed E-state index contributed by atoms with van der Waals surface area (Å²) in [6.07, 6.45) is 0.973. The molecule has 2 nitrogen and oxygen atoms in total. The molecule has 68 valence electrons. The Hall–Kier alpha value is -1.09. The van der Waals surface area contributed by atoms with Gasteiger partial charge in [-0.05, 0) is 19.1 Å². The van der Waals surface area contributed by atoms with E-state index in [2.05, 4.69) is 5.32 Å². The van der Waals surface area contributed by atoms with Crippen LogP contribution < -0.4 is 10.1 Å². The van der Waals surface area contributed by atoms with Crippen LogP contribution in [-0.2, 0) is 6.42 Å². The molecule has 0 radical (unpaired) electrons. The standard InChI is InChI=1S/C10H11NOS/c1-7(13)11-9-3-2-4-10-8(9)5-6-12-10/h2-4H,5-6H2,1H3,(H,11,13). The molecule has 1 aliphatic heterocycles. The van der Waals surface area contributed by atoms with Gasteiger partial charge in [0.25, 0.3) is 0 Å². The lowest BCUT2D eigenvalue weighted by Crippen LogP contribution is -2.05. The van der Waals surface area contributed by atoms with Crippen molar-refractivity contribution in [3.8, 4) is 5.75 Å². The second-order valence-corrected chi connectivity index (χ2v) is 3.67. The van der Waals surface area contributed by atoms with Crippen molar-refractivity contribution >= 4 is 22.9 Å². The number of nitrogens with one attached hydrogen (secondary N) is 1. The molecule has 13 heavy (non-hydrogen) atoms. The van der Waals surface area contributed by atoms with Crippen LogP contribution in [0.25, 0.3) is 0 Å². The number of fused-ring (bicyclic) bond motifs is 1. The lowest BCUT2D eigenvalue weighted by molar-refractivity contribution is 0.357. The molecule has 0 fully saturated rings. The molecule has 0 spiro atoms. The Kier molecular flexibility index (Phi) is 2.19. The molecule has 0 aliphatic carbocycles. The van der Waals surface area contributed by atoms with Gasteiger partial charge in [0.2, 0.25) is 0 Å². The van der Waals surface area contributed by atoms with Crippen molar-refractivity contribution in [2.45, 2.75) is 13.3 Å². The van der Waals surface area contributed by atoms with Crippen molar-refractivity contribution in [1.29, 1.82) is 0 Å². The van der Waals surface area contributed by atoms with Crippen molar-refractivity contribution in [2.75, 3.05) is 11.9 Å². The third-order valence-corrected chi connectivity index (χ3v) is 2.16. The maximum atomic E-state index is 5.44. The molecule has 0 amide bonds. The number of thiocarbonyl (C=S) groups is 1. The molecular weight excluding hydrogens is 182 g/mol. The first kappa shape index (κ1) is 8.51. The Morgan fingerprint density at radius 2 is 2.38 bits per heavy atom. The van der Waals surface area contributed by atoms with Crippen molar-refractivity contribution in [3.05, 3.63) is 23.8 Å². The van der Waals surface area contributed by atoms with E-state index in [-0.39, 0.29) is 0 Å². The summed E-state index contributed by atoms with van der Waals surface area (Å²) >= 11 is 5.00. The number of benzene rings is 1. The van der Waals surface area contributed by atoms with Gasteiger partial charge >= 0.3 is 0 Å². The van der Waals surface area contributed by atoms with Crippen LogP contribution in [0.5, 0.6) is 5.75 Å². The van der Waals surface area contributed by atoms with Crippen LogP contribution >= 0.6 is 12.2 Å². The van der Waals surface area contributed by atoms with Gasteiger partial charge in [-0.15, -0.1) is 0 Å². The topological polar surface area (TPSA) is 21.3 Å². The second-order valence-electron chi connectivity index (χ2n) is 3.06. The maximum absolute atomic E-state index is 5.44. The number of hydrogen-bond acceptors (Lipinski definition) is 2. The van der Waals surface area contributed by atoms with E-state index in [1.807, 2.05) is 25.1 Å². The quantitative estimate of drug-likeness (QED) is 0.692. The Bertz CT molecular complexity index is 349. The molecule has 0 atom stereocenters. The normalized spacial score (nSPS) is 13.3. The van der Waals surface area contributed by atoms with E-state index < -0.39 is 0 Å². The number of hydrogen-bond donors (Lipinski definition) is 1. The molecule has 1 N–H and O–H groups in total. The van der Waals surface area contributed by atoms with E-state index in [9.17, 15) is 0 Å². The van der Waals surface area contributed by atoms with Gasteiger partial charge in [-0.2, -0.15) is 0 Å². The van der Waals surface area contributed by atoms with E-state index >= 15 is 0 Å². The van der Waals surface area contributed by atoms with Crippen LogP contribution in [0.3, 0.4) is 0 Å². The van der Waals surface area contributed by atoms with E-state index in [1.54, 1.807) is 0 Å². The molecule has 3 heteroatoms. The first-order chi connectivity index (χ1) is 6.27. The van der Waals surface area contributed by atoms with E-state index in [1.165, 1.54) is 5.56 Å². The summed E-state index contributed by atoms with van der Waals surface area (Å²) in [6.45, 7) is 2.66. The molecule has 1 aliphatic rings. The molecule has 1 aromatic carbocycles. The van der Waals surface area contributed by atoms with Crippen LogP contribution in [-0.4, -0.2) is 11.6 Å². The minimum absolute atomic E-state index is 0.782. The lowest BCUT2D eigenvalue weighted by Gasteiger charge is -2.07. The first-order valence-electron chi connectivity index (χ1n) is 4.29. The highest BCUT2D eigenvalue weighted by atomic mass is 32.1. The summed E-state index contributed by atoms with van der Waals surface area (Å²) in [5.74, 6) is 0.987. The third kappa shape index (κ3) is 1.65. The zero-order chi connectivity index (χ0) is 9.26. The fourth-order valence-corrected chi connectivity index (χ4v) is 1.64. The SMILES string of the molecule is CC(=S)Nc1cccc2c1CCO2. The van der Waals surface area contributed by atoms with Crippen LogP contribution in [0.4, 0.5) is 5.69 Å². The average molecular weight is 193 g/mol.